The number of hydrogen-bond acceptors (Lipinski definition) is 3. The number of nitrogens with zero attached hydrogens (tertiary/aromatic N) is 2. The molecule has 0 bridgehead atoms. The average Bonchev–Trinajstić information content (AvgIpc) is 3.32. The standard InChI is InChI=1S/C22H25N3O2/c1-2-12-25-20(18-10-3-4-11-19(18)22(25)27)23-17-9-7-8-16(15-17)21(26)24-13-5-6-14-24/h3-4,7-11,15,20,23H,2,5-6,12-14H2,1H3. The van der Waals surface area contributed by atoms with Gasteiger partial charge in [0.05, 0.1) is 0 Å². The van der Waals surface area contributed by atoms with Crippen molar-refractivity contribution in [3.8, 4) is 0 Å². The number of anilines is 1. The largest absolute Gasteiger partial charge is 0.361 e. The van der Waals surface area contributed by atoms with E-state index in [1.165, 1.54) is 0 Å². The van der Waals surface area contributed by atoms with Crippen LogP contribution >= 0.6 is 0 Å². The predicted octanol–water partition coefficient (Wildman–Crippen LogP) is 3.90. The molecule has 2 aliphatic heterocycles. The van der Waals surface area contributed by atoms with Gasteiger partial charge in [0.15, 0.2) is 0 Å². The van der Waals surface area contributed by atoms with Crippen LogP contribution in [-0.2, 0) is 0 Å². The van der Waals surface area contributed by atoms with Crippen LogP contribution in [0.25, 0.3) is 0 Å². The maximum atomic E-state index is 12.8. The zero-order valence-electron chi connectivity index (χ0n) is 15.6. The maximum Gasteiger partial charge on any atom is 0.256 e. The van der Waals surface area contributed by atoms with E-state index >= 15 is 0 Å². The summed E-state index contributed by atoms with van der Waals surface area (Å²) in [5.41, 5.74) is 3.30. The Morgan fingerprint density at radius 2 is 1.89 bits per heavy atom. The molecular formula is C22H25N3O2. The maximum absolute atomic E-state index is 12.8. The Labute approximate surface area is 160 Å². The number of carbonyl (C=O) groups excluding carboxylic acids is 2. The van der Waals surface area contributed by atoms with E-state index in [2.05, 4.69) is 12.2 Å². The van der Waals surface area contributed by atoms with E-state index in [9.17, 15) is 9.59 Å². The third kappa shape index (κ3) is 3.29. The molecule has 5 heteroatoms. The first kappa shape index (κ1) is 17.6. The molecule has 1 saturated heterocycles. The summed E-state index contributed by atoms with van der Waals surface area (Å²) in [6.07, 6.45) is 2.85. The van der Waals surface area contributed by atoms with Crippen LogP contribution in [0.1, 0.15) is 58.6 Å². The lowest BCUT2D eigenvalue weighted by atomic mass is 10.1. The third-order valence-corrected chi connectivity index (χ3v) is 5.33. The molecular weight excluding hydrogens is 338 g/mol. The molecule has 0 saturated carbocycles. The molecule has 1 unspecified atom stereocenters. The number of rotatable bonds is 5. The molecule has 0 aromatic heterocycles. The van der Waals surface area contributed by atoms with Crippen LogP contribution in [0.5, 0.6) is 0 Å². The summed E-state index contributed by atoms with van der Waals surface area (Å²) in [6, 6.07) is 15.4. The van der Waals surface area contributed by atoms with Crippen molar-refractivity contribution in [3.63, 3.8) is 0 Å². The van der Waals surface area contributed by atoms with Crippen molar-refractivity contribution >= 4 is 17.5 Å². The molecule has 140 valence electrons. The van der Waals surface area contributed by atoms with Crippen LogP contribution in [0, 0.1) is 0 Å². The third-order valence-electron chi connectivity index (χ3n) is 5.33. The van der Waals surface area contributed by atoms with Gasteiger partial charge in [0.2, 0.25) is 0 Å². The predicted molar refractivity (Wildman–Crippen MR) is 106 cm³/mol. The Morgan fingerprint density at radius 3 is 2.67 bits per heavy atom. The Kier molecular flexibility index (Phi) is 4.84. The lowest BCUT2D eigenvalue weighted by Gasteiger charge is -2.27. The van der Waals surface area contributed by atoms with Gasteiger partial charge in [-0.2, -0.15) is 0 Å². The normalized spacial score (nSPS) is 18.7. The minimum Gasteiger partial charge on any atom is -0.361 e. The van der Waals surface area contributed by atoms with Crippen LogP contribution in [0.15, 0.2) is 48.5 Å². The molecule has 5 nitrogen and oxygen atoms in total. The topological polar surface area (TPSA) is 52.7 Å². The Hall–Kier alpha value is -2.82. The van der Waals surface area contributed by atoms with Crippen molar-refractivity contribution in [2.75, 3.05) is 25.0 Å². The summed E-state index contributed by atoms with van der Waals surface area (Å²) in [5.74, 6) is 0.152. The molecule has 4 rings (SSSR count). The summed E-state index contributed by atoms with van der Waals surface area (Å²) < 4.78 is 0. The van der Waals surface area contributed by atoms with Gasteiger partial charge in [0.1, 0.15) is 6.17 Å². The van der Waals surface area contributed by atoms with Crippen molar-refractivity contribution in [2.45, 2.75) is 32.4 Å². The van der Waals surface area contributed by atoms with Crippen molar-refractivity contribution < 1.29 is 9.59 Å². The number of nitrogens with one attached hydrogen (secondary N) is 1. The molecule has 2 amide bonds. The molecule has 1 fully saturated rings. The Balaban J connectivity index is 1.60. The fraction of sp³-hybridized carbons (Fsp3) is 0.364. The fourth-order valence-electron chi connectivity index (χ4n) is 4.00. The highest BCUT2D eigenvalue weighted by atomic mass is 16.2. The smallest absolute Gasteiger partial charge is 0.256 e. The van der Waals surface area contributed by atoms with E-state index in [-0.39, 0.29) is 18.0 Å². The lowest BCUT2D eigenvalue weighted by Crippen LogP contribution is -2.33. The lowest BCUT2D eigenvalue weighted by molar-refractivity contribution is 0.0741. The molecule has 2 heterocycles. The van der Waals surface area contributed by atoms with Gasteiger partial charge in [-0.05, 0) is 43.5 Å². The fourth-order valence-corrected chi connectivity index (χ4v) is 4.00. The van der Waals surface area contributed by atoms with Crippen LogP contribution in [0.3, 0.4) is 0 Å². The number of fused-ring (bicyclic) bond motifs is 1. The average molecular weight is 363 g/mol. The van der Waals surface area contributed by atoms with Gasteiger partial charge in [0.25, 0.3) is 11.8 Å². The van der Waals surface area contributed by atoms with Crippen LogP contribution in [0.4, 0.5) is 5.69 Å². The van der Waals surface area contributed by atoms with Gasteiger partial charge in [-0.1, -0.05) is 31.2 Å². The molecule has 0 aliphatic carbocycles. The van der Waals surface area contributed by atoms with Crippen molar-refractivity contribution in [2.24, 2.45) is 0 Å². The second kappa shape index (κ2) is 7.43. The molecule has 2 aromatic rings. The summed E-state index contributed by atoms with van der Waals surface area (Å²) in [6.45, 7) is 4.44. The zero-order chi connectivity index (χ0) is 18.8. The van der Waals surface area contributed by atoms with Gasteiger partial charge in [-0.15, -0.1) is 0 Å². The van der Waals surface area contributed by atoms with Crippen LogP contribution in [-0.4, -0.2) is 41.2 Å². The van der Waals surface area contributed by atoms with Crippen molar-refractivity contribution in [1.82, 2.24) is 9.80 Å². The highest BCUT2D eigenvalue weighted by Gasteiger charge is 2.35. The van der Waals surface area contributed by atoms with Gasteiger partial charge in [-0.25, -0.2) is 0 Å². The van der Waals surface area contributed by atoms with E-state index in [4.69, 9.17) is 0 Å². The number of benzene rings is 2. The Morgan fingerprint density at radius 1 is 1.11 bits per heavy atom. The SMILES string of the molecule is CCCN1C(=O)c2ccccc2C1Nc1cccc(C(=O)N2CCCC2)c1. The number of carbonyl (C=O) groups is 2. The van der Waals surface area contributed by atoms with Crippen LogP contribution < -0.4 is 5.32 Å². The quantitative estimate of drug-likeness (QED) is 0.877. The number of likely N-dealkylation sites (tertiary alicyclic amines) is 1. The van der Waals surface area contributed by atoms with Crippen molar-refractivity contribution in [3.05, 3.63) is 65.2 Å². The minimum atomic E-state index is -0.203. The summed E-state index contributed by atoms with van der Waals surface area (Å²) in [5, 5.41) is 3.48. The van der Waals surface area contributed by atoms with E-state index < -0.39 is 0 Å². The highest BCUT2D eigenvalue weighted by Crippen LogP contribution is 2.34. The summed E-state index contributed by atoms with van der Waals surface area (Å²) >= 11 is 0. The Bertz CT molecular complexity index is 858. The first-order chi connectivity index (χ1) is 13.2. The first-order valence-corrected chi connectivity index (χ1v) is 9.75. The highest BCUT2D eigenvalue weighted by molar-refractivity contribution is 5.99. The van der Waals surface area contributed by atoms with Gasteiger partial charge >= 0.3 is 0 Å². The number of hydrogen-bond donors (Lipinski definition) is 1. The second-order valence-corrected chi connectivity index (χ2v) is 7.21. The van der Waals surface area contributed by atoms with E-state index in [1.54, 1.807) is 0 Å². The molecule has 2 aliphatic rings. The molecule has 1 N–H and O–H groups in total. The van der Waals surface area contributed by atoms with Gasteiger partial charge in [0, 0.05) is 42.0 Å². The van der Waals surface area contributed by atoms with E-state index in [1.807, 2.05) is 58.3 Å². The molecule has 1 atom stereocenters. The summed E-state index contributed by atoms with van der Waals surface area (Å²) in [7, 11) is 0. The second-order valence-electron chi connectivity index (χ2n) is 7.21. The molecule has 0 radical (unpaired) electrons. The van der Waals surface area contributed by atoms with E-state index in [0.29, 0.717) is 12.1 Å². The van der Waals surface area contributed by atoms with E-state index in [0.717, 1.165) is 49.2 Å². The minimum absolute atomic E-state index is 0.0641. The number of amides is 2. The zero-order valence-corrected chi connectivity index (χ0v) is 15.6. The molecule has 2 aromatic carbocycles. The molecule has 27 heavy (non-hydrogen) atoms. The summed E-state index contributed by atoms with van der Waals surface area (Å²) in [4.78, 5) is 29.2. The van der Waals surface area contributed by atoms with Crippen LogP contribution in [0.2, 0.25) is 0 Å². The van der Waals surface area contributed by atoms with Crippen molar-refractivity contribution in [1.29, 1.82) is 0 Å². The van der Waals surface area contributed by atoms with Gasteiger partial charge in [-0.3, -0.25) is 9.59 Å². The monoisotopic (exact) mass is 363 g/mol. The first-order valence-electron chi connectivity index (χ1n) is 9.75. The molecule has 0 spiro atoms. The van der Waals surface area contributed by atoms with Gasteiger partial charge < -0.3 is 15.1 Å².